The highest BCUT2D eigenvalue weighted by Crippen LogP contribution is 2.54. The highest BCUT2D eigenvalue weighted by atomic mass is 32.1. The summed E-state index contributed by atoms with van der Waals surface area (Å²) >= 11 is 1.93. The van der Waals surface area contributed by atoms with Crippen LogP contribution < -0.4 is 10.2 Å². The van der Waals surface area contributed by atoms with E-state index in [0.717, 1.165) is 31.5 Å². The number of benzene rings is 7. The first-order chi connectivity index (χ1) is 34.1. The summed E-state index contributed by atoms with van der Waals surface area (Å²) in [4.78, 5) is 10.7. The molecule has 0 saturated heterocycles. The Labute approximate surface area is 409 Å². The van der Waals surface area contributed by atoms with Gasteiger partial charge in [-0.3, -0.25) is 4.90 Å². The number of fused-ring (bicyclic) bond motifs is 6. The summed E-state index contributed by atoms with van der Waals surface area (Å²) in [5, 5.41) is 6.56. The molecule has 4 unspecified atom stereocenters. The van der Waals surface area contributed by atoms with Gasteiger partial charge in [0.2, 0.25) is 0 Å². The van der Waals surface area contributed by atoms with Crippen LogP contribution in [0.3, 0.4) is 0 Å². The molecular weight excluding hydrogens is 857 g/mol. The molecule has 4 nitrogen and oxygen atoms in total. The van der Waals surface area contributed by atoms with Crippen molar-refractivity contribution in [2.75, 3.05) is 11.9 Å². The van der Waals surface area contributed by atoms with Crippen molar-refractivity contribution in [3.05, 3.63) is 251 Å². The number of hydrogen-bond acceptors (Lipinski definition) is 5. The average Bonchev–Trinajstić information content (AvgIpc) is 3.95. The maximum Gasteiger partial charge on any atom is 0.132 e. The predicted molar refractivity (Wildman–Crippen MR) is 291 cm³/mol. The van der Waals surface area contributed by atoms with Crippen molar-refractivity contribution < 1.29 is 0 Å². The van der Waals surface area contributed by atoms with Gasteiger partial charge in [0.05, 0.1) is 5.69 Å². The maximum atomic E-state index is 5.73. The number of thiophene rings is 1. The van der Waals surface area contributed by atoms with Gasteiger partial charge in [-0.25, -0.2) is 4.99 Å². The monoisotopic (exact) mass is 910 g/mol. The Bertz CT molecular complexity index is 3450. The molecule has 0 saturated carbocycles. The summed E-state index contributed by atoms with van der Waals surface area (Å²) in [6.07, 6.45) is 20.2. The van der Waals surface area contributed by atoms with E-state index in [9.17, 15) is 0 Å². The predicted octanol–water partition coefficient (Wildman–Crippen LogP) is 16.6. The van der Waals surface area contributed by atoms with Gasteiger partial charge in [-0.15, -0.1) is 11.3 Å². The van der Waals surface area contributed by atoms with Crippen LogP contribution in [-0.2, 0) is 0 Å². The van der Waals surface area contributed by atoms with Crippen molar-refractivity contribution in [1.82, 2.24) is 10.2 Å². The third kappa shape index (κ3) is 7.61. The molecule has 5 heteroatoms. The van der Waals surface area contributed by atoms with Crippen molar-refractivity contribution >= 4 is 59.9 Å². The number of nitrogens with zero attached hydrogens (tertiary/aromatic N) is 3. The molecule has 1 aromatic heterocycles. The van der Waals surface area contributed by atoms with Crippen LogP contribution in [0.2, 0.25) is 0 Å². The molecule has 0 bridgehead atoms. The first kappa shape index (κ1) is 41.8. The molecule has 7 aromatic carbocycles. The van der Waals surface area contributed by atoms with E-state index in [1.54, 1.807) is 0 Å². The van der Waals surface area contributed by atoms with E-state index < -0.39 is 0 Å². The van der Waals surface area contributed by atoms with Gasteiger partial charge in [0.15, 0.2) is 0 Å². The minimum absolute atomic E-state index is 0.0762. The molecule has 0 fully saturated rings. The summed E-state index contributed by atoms with van der Waals surface area (Å²) < 4.78 is 2.69. The van der Waals surface area contributed by atoms with Gasteiger partial charge in [0, 0.05) is 43.4 Å². The summed E-state index contributed by atoms with van der Waals surface area (Å²) in [5.74, 6) is 1.67. The molecule has 2 aliphatic heterocycles. The molecular formula is C64H54N4S. The highest BCUT2D eigenvalue weighted by Gasteiger charge is 2.37. The van der Waals surface area contributed by atoms with Crippen LogP contribution in [0.25, 0.3) is 42.4 Å². The fraction of sp³-hybridized carbons (Fsp3) is 0.172. The van der Waals surface area contributed by atoms with Crippen LogP contribution in [0.4, 0.5) is 11.4 Å². The normalized spacial score (nSPS) is 21.2. The van der Waals surface area contributed by atoms with Gasteiger partial charge in [-0.2, -0.15) is 0 Å². The van der Waals surface area contributed by atoms with Crippen LogP contribution in [0, 0.1) is 0 Å². The van der Waals surface area contributed by atoms with Crippen molar-refractivity contribution in [3.8, 4) is 11.1 Å². The van der Waals surface area contributed by atoms with Crippen molar-refractivity contribution in [1.29, 1.82) is 0 Å². The van der Waals surface area contributed by atoms with Crippen molar-refractivity contribution in [3.63, 3.8) is 0 Å². The van der Waals surface area contributed by atoms with Gasteiger partial charge in [-0.05, 0) is 149 Å². The lowest BCUT2D eigenvalue weighted by atomic mass is 9.80. The lowest BCUT2D eigenvalue weighted by Crippen LogP contribution is -2.46. The summed E-state index contributed by atoms with van der Waals surface area (Å²) in [5.41, 5.74) is 18.0. The Hall–Kier alpha value is -7.31. The summed E-state index contributed by atoms with van der Waals surface area (Å²) in [6.45, 7) is 0. The standard InChI is InChI=1S/C64H54N4S/c1-67-63(45-25-13-5-14-26-45)65-62(44-23-11-4-12-24-44)66-64(67)57-38-46(50-36-48(42-19-7-2-8-20-42)35-49(37-50)43-21-9-3-10-22-43)31-33-52(57)47-32-34-60-55(39-47)56-40-59-54(41-61(56)69-60)53-29-17-18-30-58(53)68(59)51-27-15-6-16-28-51/h2-11,13-16,19-23,25-28,30-36,38-41,49,53,63-64H,12,17-18,24,29,37H2,1H3,(H,65,66). The molecule has 5 aliphatic rings. The molecule has 336 valence electrons. The van der Waals surface area contributed by atoms with Crippen LogP contribution in [-0.4, -0.2) is 17.8 Å². The zero-order valence-electron chi connectivity index (χ0n) is 38.9. The van der Waals surface area contributed by atoms with Gasteiger partial charge in [-0.1, -0.05) is 164 Å². The molecule has 13 rings (SSSR count). The molecule has 4 atom stereocenters. The number of anilines is 2. The van der Waals surface area contributed by atoms with E-state index in [0.29, 0.717) is 5.92 Å². The second-order valence-electron chi connectivity index (χ2n) is 19.3. The summed E-state index contributed by atoms with van der Waals surface area (Å²) in [6, 6.07) is 63.3. The van der Waals surface area contributed by atoms with Gasteiger partial charge in [0.1, 0.15) is 18.2 Å². The Morgan fingerprint density at radius 1 is 0.652 bits per heavy atom. The first-order valence-corrected chi connectivity index (χ1v) is 25.6. The topological polar surface area (TPSA) is 30.9 Å². The first-order valence-electron chi connectivity index (χ1n) is 24.8. The molecule has 0 radical (unpaired) electrons. The second-order valence-corrected chi connectivity index (χ2v) is 20.4. The smallest absolute Gasteiger partial charge is 0.132 e. The van der Waals surface area contributed by atoms with Crippen LogP contribution >= 0.6 is 11.3 Å². The minimum Gasteiger partial charge on any atom is -0.351 e. The Balaban J connectivity index is 0.991. The van der Waals surface area contributed by atoms with Gasteiger partial charge < -0.3 is 10.2 Å². The SMILES string of the molecule is CN1C(c2cc(C3=CC(c4ccccc4)=CC(c4ccccc4)C3)ccc2-c2ccc3sc4cc5c(cc4c3c2)N(c2ccccc2)C2=CCCCC25)N=C(C2=CC=CCC2)NC1c1ccccc1. The van der Waals surface area contributed by atoms with Crippen LogP contribution in [0.5, 0.6) is 0 Å². The molecule has 3 aliphatic carbocycles. The Morgan fingerprint density at radius 2 is 1.39 bits per heavy atom. The Morgan fingerprint density at radius 3 is 2.17 bits per heavy atom. The number of allylic oxidation sites excluding steroid dienone is 9. The average molecular weight is 911 g/mol. The lowest BCUT2D eigenvalue weighted by Gasteiger charge is -2.40. The molecule has 0 spiro atoms. The van der Waals surface area contributed by atoms with Gasteiger partial charge in [0.25, 0.3) is 0 Å². The quantitative estimate of drug-likeness (QED) is 0.165. The van der Waals surface area contributed by atoms with E-state index in [2.05, 4.69) is 228 Å². The molecule has 1 N–H and O–H groups in total. The molecule has 8 aromatic rings. The van der Waals surface area contributed by atoms with E-state index in [4.69, 9.17) is 4.99 Å². The van der Waals surface area contributed by atoms with Crippen LogP contribution in [0.15, 0.2) is 223 Å². The fourth-order valence-electron chi connectivity index (χ4n) is 11.7. The number of para-hydroxylation sites is 1. The third-order valence-corrected chi connectivity index (χ3v) is 16.3. The number of nitrogens with one attached hydrogen (secondary N) is 1. The largest absolute Gasteiger partial charge is 0.351 e. The molecule has 69 heavy (non-hydrogen) atoms. The second kappa shape index (κ2) is 17.6. The maximum absolute atomic E-state index is 5.73. The number of hydrogen-bond donors (Lipinski definition) is 1. The lowest BCUT2D eigenvalue weighted by molar-refractivity contribution is 0.152. The Kier molecular flexibility index (Phi) is 10.7. The number of rotatable bonds is 8. The van der Waals surface area contributed by atoms with Gasteiger partial charge >= 0.3 is 0 Å². The molecule has 0 amide bonds. The van der Waals surface area contributed by atoms with Crippen LogP contribution in [0.1, 0.15) is 96.1 Å². The van der Waals surface area contributed by atoms with E-state index in [1.807, 2.05) is 11.3 Å². The number of aliphatic imine (C=N–C) groups is 1. The van der Waals surface area contributed by atoms with Crippen molar-refractivity contribution in [2.45, 2.75) is 62.7 Å². The van der Waals surface area contributed by atoms with E-state index in [-0.39, 0.29) is 18.2 Å². The zero-order valence-corrected chi connectivity index (χ0v) is 39.7. The summed E-state index contributed by atoms with van der Waals surface area (Å²) in [7, 11) is 2.24. The van der Waals surface area contributed by atoms with Crippen molar-refractivity contribution in [2.24, 2.45) is 4.99 Å². The fourth-order valence-corrected chi connectivity index (χ4v) is 12.8. The number of amidine groups is 1. The minimum atomic E-state index is -0.263. The zero-order chi connectivity index (χ0) is 45.8. The van der Waals surface area contributed by atoms with E-state index in [1.165, 1.54) is 111 Å². The highest BCUT2D eigenvalue weighted by molar-refractivity contribution is 7.25. The third-order valence-electron chi connectivity index (χ3n) is 15.2. The van der Waals surface area contributed by atoms with E-state index >= 15 is 0 Å². The molecule has 3 heterocycles.